The molecule has 3 rings (SSSR count). The van der Waals surface area contributed by atoms with E-state index in [0.29, 0.717) is 6.42 Å². The fourth-order valence-corrected chi connectivity index (χ4v) is 5.33. The van der Waals surface area contributed by atoms with Crippen molar-refractivity contribution in [2.24, 2.45) is 5.73 Å². The number of allylic oxidation sites excluding steroid dienone is 1. The van der Waals surface area contributed by atoms with Crippen molar-refractivity contribution in [3.05, 3.63) is 42.0 Å². The molecule has 8 nitrogen and oxygen atoms in total. The quantitative estimate of drug-likeness (QED) is 0.111. The first kappa shape index (κ1) is 25.2. The van der Waals surface area contributed by atoms with Gasteiger partial charge in [-0.3, -0.25) is 13.6 Å². The van der Waals surface area contributed by atoms with Crippen molar-refractivity contribution in [1.82, 2.24) is 0 Å². The predicted molar refractivity (Wildman–Crippen MR) is 108 cm³/mol. The van der Waals surface area contributed by atoms with Crippen LogP contribution in [0.4, 0.5) is 13.2 Å². The Hall–Kier alpha value is -1.46. The molecule has 2 saturated heterocycles. The number of aryl methyl sites for hydroxylation is 1. The Labute approximate surface area is 183 Å². The van der Waals surface area contributed by atoms with Crippen molar-refractivity contribution in [1.29, 1.82) is 0 Å². The standard InChI is InChI=1S/C20H27F3NO7P/c1-2-3-4-5-6-11-29-16-8-7-14(12-15(16)18(21,22)23)9-10-17(24,13-25)19(26,27)20-30-32(20,28)31-20/h2,7-8,12,25-27H,1,3-6,9-11,13,24H2. The fourth-order valence-electron chi connectivity index (χ4n) is 3.49. The molecule has 0 bridgehead atoms. The van der Waals surface area contributed by atoms with Gasteiger partial charge in [-0.15, -0.1) is 6.58 Å². The van der Waals surface area contributed by atoms with Crippen molar-refractivity contribution in [3.63, 3.8) is 0 Å². The number of halogens is 3. The van der Waals surface area contributed by atoms with Gasteiger partial charge in [0, 0.05) is 0 Å². The number of hydrogen-bond acceptors (Lipinski definition) is 8. The second-order valence-electron chi connectivity index (χ2n) is 8.06. The van der Waals surface area contributed by atoms with E-state index >= 15 is 0 Å². The zero-order valence-electron chi connectivity index (χ0n) is 17.3. The maximum absolute atomic E-state index is 13.5. The molecule has 1 atom stereocenters. The molecule has 0 spiro atoms. The summed E-state index contributed by atoms with van der Waals surface area (Å²) >= 11 is 0. The van der Waals surface area contributed by atoms with Gasteiger partial charge in [0.1, 0.15) is 5.75 Å². The lowest BCUT2D eigenvalue weighted by Gasteiger charge is -2.38. The monoisotopic (exact) mass is 481 g/mol. The Morgan fingerprint density at radius 2 is 1.88 bits per heavy atom. The summed E-state index contributed by atoms with van der Waals surface area (Å²) in [5, 5.41) is 30.4. The highest BCUT2D eigenvalue weighted by Gasteiger charge is 3.01. The van der Waals surface area contributed by atoms with Crippen molar-refractivity contribution in [2.45, 2.75) is 61.6 Å². The zero-order chi connectivity index (χ0) is 23.8. The summed E-state index contributed by atoms with van der Waals surface area (Å²) in [7, 11) is -3.60. The average molecular weight is 481 g/mol. The van der Waals surface area contributed by atoms with Gasteiger partial charge in [0.15, 0.2) is 0 Å². The van der Waals surface area contributed by atoms with Crippen LogP contribution in [0.25, 0.3) is 0 Å². The van der Waals surface area contributed by atoms with Crippen LogP contribution < -0.4 is 10.5 Å². The van der Waals surface area contributed by atoms with Gasteiger partial charge >= 0.3 is 19.3 Å². The van der Waals surface area contributed by atoms with E-state index in [9.17, 15) is 33.1 Å². The van der Waals surface area contributed by atoms with E-state index in [-0.39, 0.29) is 30.8 Å². The molecule has 2 fully saturated rings. The second-order valence-corrected chi connectivity index (χ2v) is 10.0. The molecule has 1 aromatic carbocycles. The molecule has 1 unspecified atom stereocenters. The summed E-state index contributed by atoms with van der Waals surface area (Å²) in [5.74, 6) is -3.30. The number of unbranched alkanes of at least 4 members (excludes halogenated alkanes) is 3. The molecule has 12 heteroatoms. The Bertz CT molecular complexity index is 898. The first-order valence-electron chi connectivity index (χ1n) is 10.2. The molecular weight excluding hydrogens is 454 g/mol. The maximum atomic E-state index is 13.5. The second kappa shape index (κ2) is 8.72. The van der Waals surface area contributed by atoms with E-state index in [2.05, 4.69) is 15.6 Å². The molecule has 2 aliphatic rings. The summed E-state index contributed by atoms with van der Waals surface area (Å²) in [4.78, 5) is 0. The summed E-state index contributed by atoms with van der Waals surface area (Å²) in [6, 6.07) is 3.50. The highest BCUT2D eigenvalue weighted by Crippen LogP contribution is 3.00. The summed E-state index contributed by atoms with van der Waals surface area (Å²) in [6.45, 7) is 2.78. The van der Waals surface area contributed by atoms with Gasteiger partial charge in [0.2, 0.25) is 0 Å². The molecule has 0 radical (unpaired) electrons. The predicted octanol–water partition coefficient (Wildman–Crippen LogP) is 3.04. The number of alkyl halides is 3. The summed E-state index contributed by atoms with van der Waals surface area (Å²) in [5.41, 5.74) is 0.811. The van der Waals surface area contributed by atoms with E-state index in [1.165, 1.54) is 12.1 Å². The van der Waals surface area contributed by atoms with Crippen LogP contribution in [0, 0.1) is 0 Å². The van der Waals surface area contributed by atoms with Crippen LogP contribution in [0.1, 0.15) is 43.2 Å². The van der Waals surface area contributed by atoms with Gasteiger partial charge in [-0.25, -0.2) is 0 Å². The van der Waals surface area contributed by atoms with Crippen molar-refractivity contribution in [3.8, 4) is 5.75 Å². The lowest BCUT2D eigenvalue weighted by molar-refractivity contribution is -0.290. The minimum Gasteiger partial charge on any atom is -0.493 e. The number of nitrogens with two attached hydrogens (primary N) is 1. The van der Waals surface area contributed by atoms with Crippen molar-refractivity contribution >= 4 is 7.60 Å². The molecule has 2 aliphatic heterocycles. The number of aliphatic hydroxyl groups excluding tert-OH is 1. The molecular formula is C20H27F3NO7P. The van der Waals surface area contributed by atoms with E-state index in [1.54, 1.807) is 6.08 Å². The van der Waals surface area contributed by atoms with E-state index in [1.807, 2.05) is 0 Å². The van der Waals surface area contributed by atoms with E-state index < -0.39 is 42.8 Å². The largest absolute Gasteiger partial charge is 0.493 e. The van der Waals surface area contributed by atoms with Crippen LogP contribution in [0.3, 0.4) is 0 Å². The third-order valence-electron chi connectivity index (χ3n) is 5.72. The first-order chi connectivity index (χ1) is 14.9. The van der Waals surface area contributed by atoms with Gasteiger partial charge in [-0.1, -0.05) is 12.1 Å². The smallest absolute Gasteiger partial charge is 0.419 e. The molecule has 32 heavy (non-hydrogen) atoms. The third kappa shape index (κ3) is 4.48. The van der Waals surface area contributed by atoms with Gasteiger partial charge < -0.3 is 25.8 Å². The molecule has 1 aromatic rings. The molecule has 180 valence electrons. The topological polar surface area (TPSA) is 138 Å². The average Bonchev–Trinajstić information content (AvgIpc) is 3.54. The van der Waals surface area contributed by atoms with Gasteiger partial charge in [-0.2, -0.15) is 13.2 Å². The number of fused-ring (bicyclic) bond motifs is 1. The lowest BCUT2D eigenvalue weighted by Crippen LogP contribution is -2.68. The van der Waals surface area contributed by atoms with E-state index in [0.717, 1.165) is 25.3 Å². The van der Waals surface area contributed by atoms with Crippen LogP contribution in [0.5, 0.6) is 5.75 Å². The Balaban J connectivity index is 1.67. The van der Waals surface area contributed by atoms with Crippen molar-refractivity contribution < 1.29 is 46.8 Å². The van der Waals surface area contributed by atoms with Crippen LogP contribution in [0.15, 0.2) is 30.9 Å². The minimum absolute atomic E-state index is 0.135. The van der Waals surface area contributed by atoms with Crippen molar-refractivity contribution in [2.75, 3.05) is 13.2 Å². The summed E-state index contributed by atoms with van der Waals surface area (Å²) in [6.07, 6.45) is -0.276. The minimum atomic E-state index is -4.67. The van der Waals surface area contributed by atoms with Crippen LogP contribution in [-0.4, -0.2) is 45.4 Å². The van der Waals surface area contributed by atoms with Crippen LogP contribution in [-0.2, 0) is 26.2 Å². The molecule has 0 aliphatic carbocycles. The number of rotatable bonds is 13. The maximum Gasteiger partial charge on any atom is 0.419 e. The van der Waals surface area contributed by atoms with Gasteiger partial charge in [0.05, 0.1) is 24.3 Å². The Morgan fingerprint density at radius 1 is 1.22 bits per heavy atom. The number of ether oxygens (including phenoxy) is 1. The van der Waals surface area contributed by atoms with Gasteiger partial charge in [0.25, 0.3) is 5.79 Å². The molecule has 2 heterocycles. The zero-order valence-corrected chi connectivity index (χ0v) is 18.2. The van der Waals surface area contributed by atoms with E-state index in [4.69, 9.17) is 10.5 Å². The normalized spacial score (nSPS) is 26.2. The van der Waals surface area contributed by atoms with Crippen LogP contribution >= 0.6 is 7.60 Å². The summed E-state index contributed by atoms with van der Waals surface area (Å²) < 4.78 is 67.0. The SMILES string of the molecule is C=CCCCCCOc1ccc(CCC(N)(CO)C(O)(O)C23OP2(=O)O3)cc1C(F)(F)F. The van der Waals surface area contributed by atoms with Crippen LogP contribution in [0.2, 0.25) is 0 Å². The third-order valence-corrected chi connectivity index (χ3v) is 7.60. The highest BCUT2D eigenvalue weighted by molar-refractivity contribution is 7.68. The highest BCUT2D eigenvalue weighted by atomic mass is 31.2. The first-order valence-corrected chi connectivity index (χ1v) is 11.7. The fraction of sp³-hybridized carbons (Fsp3) is 0.600. The lowest BCUT2D eigenvalue weighted by atomic mass is 9.84. The molecule has 0 saturated carbocycles. The molecule has 0 amide bonds. The Morgan fingerprint density at radius 3 is 2.41 bits per heavy atom. The Kier molecular flexibility index (Phi) is 6.86. The van der Waals surface area contributed by atoms with Gasteiger partial charge in [-0.05, 0) is 56.2 Å². The number of aliphatic hydroxyl groups is 3. The number of hydrogen-bond donors (Lipinski definition) is 4. The number of benzene rings is 1. The molecule has 0 aromatic heterocycles. The molecule has 5 N–H and O–H groups in total.